The van der Waals surface area contributed by atoms with Crippen LogP contribution in [0.25, 0.3) is 0 Å². The molecule has 0 fully saturated rings. The van der Waals surface area contributed by atoms with Crippen molar-refractivity contribution in [2.24, 2.45) is 5.73 Å². The fourth-order valence-corrected chi connectivity index (χ4v) is 2.45. The van der Waals surface area contributed by atoms with Crippen molar-refractivity contribution < 1.29 is 13.9 Å². The van der Waals surface area contributed by atoms with E-state index in [2.05, 4.69) is 15.9 Å². The molecule has 0 saturated carbocycles. The number of hydrogen-bond donors (Lipinski definition) is 2. The van der Waals surface area contributed by atoms with Crippen LogP contribution < -0.4 is 5.73 Å². The van der Waals surface area contributed by atoms with E-state index in [1.165, 1.54) is 4.90 Å². The highest BCUT2D eigenvalue weighted by molar-refractivity contribution is 9.10. The Labute approximate surface area is 114 Å². The minimum absolute atomic E-state index is 0.173. The number of halogens is 3. The lowest BCUT2D eigenvalue weighted by Crippen LogP contribution is -2.39. The predicted molar refractivity (Wildman–Crippen MR) is 70.6 cm³/mol. The zero-order valence-corrected chi connectivity index (χ0v) is 11.5. The molecule has 0 spiro atoms. The van der Waals surface area contributed by atoms with Gasteiger partial charge in [-0.15, -0.1) is 0 Å². The highest BCUT2D eigenvalue weighted by Crippen LogP contribution is 2.27. The Bertz CT molecular complexity index is 366. The van der Waals surface area contributed by atoms with Gasteiger partial charge in [0.2, 0.25) is 0 Å². The zero-order valence-electron chi connectivity index (χ0n) is 9.90. The van der Waals surface area contributed by atoms with Crippen LogP contribution in [0.5, 0.6) is 0 Å². The SMILES string of the molecule is NCC(c1ccccc1Br)N(CCO)CC(F)F. The van der Waals surface area contributed by atoms with Crippen LogP contribution in [0.3, 0.4) is 0 Å². The summed E-state index contributed by atoms with van der Waals surface area (Å²) in [5, 5.41) is 8.97. The van der Waals surface area contributed by atoms with Crippen LogP contribution in [0.4, 0.5) is 8.78 Å². The van der Waals surface area contributed by atoms with Crippen LogP contribution in [-0.2, 0) is 0 Å². The Morgan fingerprint density at radius 2 is 2.00 bits per heavy atom. The topological polar surface area (TPSA) is 49.5 Å². The molecule has 1 rings (SSSR count). The summed E-state index contributed by atoms with van der Waals surface area (Å²) in [5.41, 5.74) is 6.55. The molecule has 1 aromatic carbocycles. The van der Waals surface area contributed by atoms with Crippen molar-refractivity contribution in [3.8, 4) is 0 Å². The standard InChI is InChI=1S/C12H17BrF2N2O/c13-10-4-2-1-3-9(10)11(7-16)17(5-6-18)8-12(14)15/h1-4,11-12,18H,5-8,16H2. The first-order valence-electron chi connectivity index (χ1n) is 5.67. The first kappa shape index (κ1) is 15.5. The highest BCUT2D eigenvalue weighted by atomic mass is 79.9. The fraction of sp³-hybridized carbons (Fsp3) is 0.500. The molecule has 3 N–H and O–H groups in total. The lowest BCUT2D eigenvalue weighted by Gasteiger charge is -2.31. The van der Waals surface area contributed by atoms with E-state index in [9.17, 15) is 8.78 Å². The van der Waals surface area contributed by atoms with Gasteiger partial charge in [-0.2, -0.15) is 0 Å². The van der Waals surface area contributed by atoms with Crippen molar-refractivity contribution in [3.63, 3.8) is 0 Å². The van der Waals surface area contributed by atoms with Gasteiger partial charge in [-0.3, -0.25) is 4.90 Å². The predicted octanol–water partition coefficient (Wildman–Crippen LogP) is 2.01. The maximum Gasteiger partial charge on any atom is 0.251 e. The third-order valence-electron chi connectivity index (χ3n) is 2.69. The molecule has 1 unspecified atom stereocenters. The van der Waals surface area contributed by atoms with E-state index < -0.39 is 13.0 Å². The Hall–Kier alpha value is -0.560. The van der Waals surface area contributed by atoms with Crippen LogP contribution in [-0.4, -0.2) is 42.7 Å². The van der Waals surface area contributed by atoms with Crippen LogP contribution >= 0.6 is 15.9 Å². The molecular weight excluding hydrogens is 306 g/mol. The summed E-state index contributed by atoms with van der Waals surface area (Å²) in [4.78, 5) is 1.50. The van der Waals surface area contributed by atoms with E-state index in [0.717, 1.165) is 10.0 Å². The minimum atomic E-state index is -2.45. The molecule has 1 atom stereocenters. The first-order chi connectivity index (χ1) is 8.60. The molecule has 0 aliphatic rings. The fourth-order valence-electron chi connectivity index (χ4n) is 1.90. The molecule has 0 radical (unpaired) electrons. The Morgan fingerprint density at radius 3 is 2.50 bits per heavy atom. The number of nitrogens with zero attached hydrogens (tertiary/aromatic N) is 1. The molecule has 0 aromatic heterocycles. The number of nitrogens with two attached hydrogens (primary N) is 1. The molecule has 3 nitrogen and oxygen atoms in total. The maximum absolute atomic E-state index is 12.5. The molecule has 102 valence electrons. The van der Waals surface area contributed by atoms with Gasteiger partial charge in [0.15, 0.2) is 0 Å². The largest absolute Gasteiger partial charge is 0.395 e. The van der Waals surface area contributed by atoms with Crippen molar-refractivity contribution in [2.75, 3.05) is 26.2 Å². The summed E-state index contributed by atoms with van der Waals surface area (Å²) in [7, 11) is 0. The third kappa shape index (κ3) is 4.28. The van der Waals surface area contributed by atoms with E-state index in [4.69, 9.17) is 10.8 Å². The van der Waals surface area contributed by atoms with Gasteiger partial charge >= 0.3 is 0 Å². The molecule has 0 bridgehead atoms. The van der Waals surface area contributed by atoms with E-state index in [1.54, 1.807) is 0 Å². The molecular formula is C12H17BrF2N2O. The van der Waals surface area contributed by atoms with Crippen LogP contribution in [0.2, 0.25) is 0 Å². The Kier molecular flexibility index (Phi) is 6.70. The molecule has 0 aliphatic carbocycles. The maximum atomic E-state index is 12.5. The second-order valence-corrected chi connectivity index (χ2v) is 4.74. The number of aliphatic hydroxyl groups is 1. The zero-order chi connectivity index (χ0) is 13.5. The summed E-state index contributed by atoms with van der Waals surface area (Å²) in [6.45, 7) is -0.180. The minimum Gasteiger partial charge on any atom is -0.395 e. The quantitative estimate of drug-likeness (QED) is 0.807. The van der Waals surface area contributed by atoms with E-state index in [0.29, 0.717) is 0 Å². The molecule has 18 heavy (non-hydrogen) atoms. The molecule has 1 aromatic rings. The lowest BCUT2D eigenvalue weighted by atomic mass is 10.1. The van der Waals surface area contributed by atoms with Crippen molar-refractivity contribution >= 4 is 15.9 Å². The van der Waals surface area contributed by atoms with Gasteiger partial charge in [-0.05, 0) is 11.6 Å². The summed E-state index contributed by atoms with van der Waals surface area (Å²) in [6, 6.07) is 7.05. The van der Waals surface area contributed by atoms with Gasteiger partial charge in [0, 0.05) is 23.6 Å². The van der Waals surface area contributed by atoms with Crippen molar-refractivity contribution in [2.45, 2.75) is 12.5 Å². The van der Waals surface area contributed by atoms with Gasteiger partial charge in [-0.25, -0.2) is 8.78 Å². The molecule has 0 heterocycles. The number of rotatable bonds is 7. The summed E-state index contributed by atoms with van der Waals surface area (Å²) in [5.74, 6) is 0. The lowest BCUT2D eigenvalue weighted by molar-refractivity contribution is 0.0560. The van der Waals surface area contributed by atoms with Gasteiger partial charge in [0.25, 0.3) is 6.43 Å². The number of alkyl halides is 2. The molecule has 0 saturated heterocycles. The number of hydrogen-bond acceptors (Lipinski definition) is 3. The van der Waals surface area contributed by atoms with E-state index in [1.807, 2.05) is 24.3 Å². The van der Waals surface area contributed by atoms with Crippen LogP contribution in [0, 0.1) is 0 Å². The average Bonchev–Trinajstić information content (AvgIpc) is 2.32. The molecule has 0 amide bonds. The Morgan fingerprint density at radius 1 is 1.33 bits per heavy atom. The molecule has 0 aliphatic heterocycles. The normalized spacial score (nSPS) is 13.3. The average molecular weight is 323 g/mol. The van der Waals surface area contributed by atoms with Crippen LogP contribution in [0.1, 0.15) is 11.6 Å². The second kappa shape index (κ2) is 7.78. The highest BCUT2D eigenvalue weighted by Gasteiger charge is 2.23. The third-order valence-corrected chi connectivity index (χ3v) is 3.41. The van der Waals surface area contributed by atoms with Crippen molar-refractivity contribution in [1.29, 1.82) is 0 Å². The second-order valence-electron chi connectivity index (χ2n) is 3.88. The first-order valence-corrected chi connectivity index (χ1v) is 6.47. The van der Waals surface area contributed by atoms with E-state index in [-0.39, 0.29) is 25.7 Å². The number of aliphatic hydroxyl groups excluding tert-OH is 1. The van der Waals surface area contributed by atoms with Crippen molar-refractivity contribution in [3.05, 3.63) is 34.3 Å². The summed E-state index contributed by atoms with van der Waals surface area (Å²) < 4.78 is 25.9. The van der Waals surface area contributed by atoms with E-state index >= 15 is 0 Å². The monoisotopic (exact) mass is 322 g/mol. The number of benzene rings is 1. The smallest absolute Gasteiger partial charge is 0.251 e. The van der Waals surface area contributed by atoms with Gasteiger partial charge in [0.05, 0.1) is 13.2 Å². The van der Waals surface area contributed by atoms with Gasteiger partial charge in [0.1, 0.15) is 0 Å². The summed E-state index contributed by atoms with van der Waals surface area (Å²) >= 11 is 3.39. The van der Waals surface area contributed by atoms with Gasteiger partial charge < -0.3 is 10.8 Å². The molecule has 6 heteroatoms. The Balaban J connectivity index is 2.94. The van der Waals surface area contributed by atoms with Crippen LogP contribution in [0.15, 0.2) is 28.7 Å². The van der Waals surface area contributed by atoms with Gasteiger partial charge in [-0.1, -0.05) is 34.1 Å². The van der Waals surface area contributed by atoms with Crippen molar-refractivity contribution in [1.82, 2.24) is 4.90 Å². The summed E-state index contributed by atoms with van der Waals surface area (Å²) in [6.07, 6.45) is -2.45.